The first kappa shape index (κ1) is 11.8. The van der Waals surface area contributed by atoms with Gasteiger partial charge in [-0.05, 0) is 80.0 Å². The number of rotatable bonds is 5. The fourth-order valence-corrected chi connectivity index (χ4v) is 3.89. The zero-order valence-electron chi connectivity index (χ0n) is 11.4. The summed E-state index contributed by atoms with van der Waals surface area (Å²) in [6.45, 7) is 1.19. The van der Waals surface area contributed by atoms with Gasteiger partial charge in [-0.2, -0.15) is 0 Å². The number of phenolic OH excluding ortho intramolecular Hbond substituents is 1. The van der Waals surface area contributed by atoms with Crippen LogP contribution < -0.4 is 5.32 Å². The molecule has 0 amide bonds. The van der Waals surface area contributed by atoms with Crippen LogP contribution in [0.5, 0.6) is 5.75 Å². The van der Waals surface area contributed by atoms with E-state index in [1.54, 1.807) is 0 Å². The predicted octanol–water partition coefficient (Wildman–Crippen LogP) is 3.41. The molecule has 19 heavy (non-hydrogen) atoms. The first-order valence-corrected chi connectivity index (χ1v) is 7.87. The highest BCUT2D eigenvalue weighted by Gasteiger charge is 2.41. The summed E-state index contributed by atoms with van der Waals surface area (Å²) in [5, 5.41) is 13.7. The molecular weight excluding hydrogens is 234 g/mol. The lowest BCUT2D eigenvalue weighted by molar-refractivity contribution is 0.355. The maximum atomic E-state index is 9.90. The molecular formula is C17H23NO. The van der Waals surface area contributed by atoms with Crippen molar-refractivity contribution in [1.82, 2.24) is 5.32 Å². The average Bonchev–Trinajstić information content (AvgIpc) is 3.30. The van der Waals surface area contributed by atoms with Gasteiger partial charge in [0.1, 0.15) is 5.75 Å². The molecule has 1 atom stereocenters. The summed E-state index contributed by atoms with van der Waals surface area (Å²) in [4.78, 5) is 0. The third kappa shape index (κ3) is 2.27. The molecule has 2 N–H and O–H groups in total. The second kappa shape index (κ2) is 4.52. The number of phenols is 1. The molecule has 4 rings (SSSR count). The Hall–Kier alpha value is -1.02. The lowest BCUT2D eigenvalue weighted by Crippen LogP contribution is -2.28. The fraction of sp³-hybridized carbons (Fsp3) is 0.647. The smallest absolute Gasteiger partial charge is 0.119 e. The first-order chi connectivity index (χ1) is 9.33. The van der Waals surface area contributed by atoms with Gasteiger partial charge in [-0.25, -0.2) is 0 Å². The minimum atomic E-state index is 0.474. The molecule has 3 aliphatic carbocycles. The van der Waals surface area contributed by atoms with Gasteiger partial charge in [-0.3, -0.25) is 0 Å². The number of fused-ring (bicyclic) bond motifs is 1. The van der Waals surface area contributed by atoms with Crippen LogP contribution >= 0.6 is 0 Å². The van der Waals surface area contributed by atoms with E-state index in [0.29, 0.717) is 11.8 Å². The molecule has 102 valence electrons. The Morgan fingerprint density at radius 2 is 1.84 bits per heavy atom. The van der Waals surface area contributed by atoms with Crippen molar-refractivity contribution in [2.75, 3.05) is 6.54 Å². The van der Waals surface area contributed by atoms with E-state index >= 15 is 0 Å². The molecule has 0 radical (unpaired) electrons. The largest absolute Gasteiger partial charge is 0.508 e. The van der Waals surface area contributed by atoms with Crippen LogP contribution in [0.1, 0.15) is 49.3 Å². The molecule has 2 nitrogen and oxygen atoms in total. The zero-order chi connectivity index (χ0) is 12.8. The van der Waals surface area contributed by atoms with E-state index in [1.807, 2.05) is 12.1 Å². The molecule has 0 spiro atoms. The van der Waals surface area contributed by atoms with Crippen molar-refractivity contribution in [3.05, 3.63) is 29.3 Å². The molecule has 3 aliphatic rings. The molecule has 1 unspecified atom stereocenters. The fourth-order valence-electron chi connectivity index (χ4n) is 3.89. The van der Waals surface area contributed by atoms with Crippen LogP contribution in [0, 0.1) is 17.8 Å². The Bertz CT molecular complexity index is 464. The van der Waals surface area contributed by atoms with Crippen molar-refractivity contribution < 1.29 is 5.11 Å². The lowest BCUT2D eigenvalue weighted by atomic mass is 9.97. The maximum Gasteiger partial charge on any atom is 0.119 e. The summed E-state index contributed by atoms with van der Waals surface area (Å²) in [7, 11) is 0. The van der Waals surface area contributed by atoms with E-state index in [0.717, 1.165) is 30.6 Å². The van der Waals surface area contributed by atoms with Gasteiger partial charge >= 0.3 is 0 Å². The van der Waals surface area contributed by atoms with Crippen molar-refractivity contribution in [3.63, 3.8) is 0 Å². The molecule has 2 saturated carbocycles. The average molecular weight is 257 g/mol. The zero-order valence-corrected chi connectivity index (χ0v) is 11.4. The molecule has 0 aliphatic heterocycles. The van der Waals surface area contributed by atoms with E-state index < -0.39 is 0 Å². The van der Waals surface area contributed by atoms with Crippen LogP contribution in [0.3, 0.4) is 0 Å². The third-order valence-electron chi connectivity index (χ3n) is 5.30. The highest BCUT2D eigenvalue weighted by Crippen LogP contribution is 2.49. The standard InChI is InChI=1S/C17H23NO/c19-17-3-1-2-13-14(17)8-9-16(13)18-10-15(11-4-5-11)12-6-7-12/h1-3,11-12,15-16,18-19H,4-10H2. The Morgan fingerprint density at radius 3 is 2.53 bits per heavy atom. The Balaban J connectivity index is 1.43. The van der Waals surface area contributed by atoms with Gasteiger partial charge in [0.15, 0.2) is 0 Å². The summed E-state index contributed by atoms with van der Waals surface area (Å²) >= 11 is 0. The quantitative estimate of drug-likeness (QED) is 0.847. The van der Waals surface area contributed by atoms with Gasteiger partial charge < -0.3 is 10.4 Å². The first-order valence-electron chi connectivity index (χ1n) is 7.87. The highest BCUT2D eigenvalue weighted by atomic mass is 16.3. The molecule has 0 bridgehead atoms. The van der Waals surface area contributed by atoms with E-state index in [2.05, 4.69) is 11.4 Å². The normalized spacial score (nSPS) is 25.8. The van der Waals surface area contributed by atoms with Crippen LogP contribution in [-0.2, 0) is 6.42 Å². The predicted molar refractivity (Wildman–Crippen MR) is 76.1 cm³/mol. The summed E-state index contributed by atoms with van der Waals surface area (Å²) in [5.74, 6) is 3.46. The van der Waals surface area contributed by atoms with Crippen LogP contribution in [0.15, 0.2) is 18.2 Å². The molecule has 0 heterocycles. The second-order valence-corrected chi connectivity index (χ2v) is 6.68. The van der Waals surface area contributed by atoms with Crippen molar-refractivity contribution in [3.8, 4) is 5.75 Å². The molecule has 2 heteroatoms. The summed E-state index contributed by atoms with van der Waals surface area (Å²) < 4.78 is 0. The van der Waals surface area contributed by atoms with Crippen molar-refractivity contribution in [2.24, 2.45) is 17.8 Å². The van der Waals surface area contributed by atoms with Gasteiger partial charge in [0.2, 0.25) is 0 Å². The Labute approximate surface area is 115 Å². The SMILES string of the molecule is Oc1cccc2c1CCC2NCC(C1CC1)C1CC1. The van der Waals surface area contributed by atoms with Gasteiger partial charge in [0.25, 0.3) is 0 Å². The summed E-state index contributed by atoms with van der Waals surface area (Å²) in [5.41, 5.74) is 2.51. The van der Waals surface area contributed by atoms with Crippen molar-refractivity contribution in [1.29, 1.82) is 0 Å². The van der Waals surface area contributed by atoms with E-state index in [1.165, 1.54) is 43.4 Å². The minimum absolute atomic E-state index is 0.474. The Kier molecular flexibility index (Phi) is 2.80. The van der Waals surface area contributed by atoms with E-state index in [9.17, 15) is 5.11 Å². The van der Waals surface area contributed by atoms with Crippen molar-refractivity contribution in [2.45, 2.75) is 44.6 Å². The van der Waals surface area contributed by atoms with Crippen LogP contribution in [0.25, 0.3) is 0 Å². The molecule has 1 aromatic carbocycles. The van der Waals surface area contributed by atoms with Gasteiger partial charge in [0, 0.05) is 6.04 Å². The maximum absolute atomic E-state index is 9.90. The van der Waals surface area contributed by atoms with Gasteiger partial charge in [-0.1, -0.05) is 12.1 Å². The minimum Gasteiger partial charge on any atom is -0.508 e. The van der Waals surface area contributed by atoms with E-state index in [4.69, 9.17) is 0 Å². The van der Waals surface area contributed by atoms with Crippen molar-refractivity contribution >= 4 is 0 Å². The lowest BCUT2D eigenvalue weighted by Gasteiger charge is -2.20. The molecule has 0 aromatic heterocycles. The Morgan fingerprint density at radius 1 is 1.11 bits per heavy atom. The number of hydrogen-bond acceptors (Lipinski definition) is 2. The number of benzene rings is 1. The molecule has 1 aromatic rings. The van der Waals surface area contributed by atoms with Gasteiger partial charge in [0.05, 0.1) is 0 Å². The summed E-state index contributed by atoms with van der Waals surface area (Å²) in [6.07, 6.45) is 8.03. The second-order valence-electron chi connectivity index (χ2n) is 6.68. The number of aromatic hydroxyl groups is 1. The number of hydrogen-bond donors (Lipinski definition) is 2. The highest BCUT2D eigenvalue weighted by molar-refractivity contribution is 5.44. The monoisotopic (exact) mass is 257 g/mol. The third-order valence-corrected chi connectivity index (χ3v) is 5.30. The number of nitrogens with one attached hydrogen (secondary N) is 1. The van der Waals surface area contributed by atoms with Gasteiger partial charge in [-0.15, -0.1) is 0 Å². The summed E-state index contributed by atoms with van der Waals surface area (Å²) in [6, 6.07) is 6.46. The van der Waals surface area contributed by atoms with Crippen LogP contribution in [-0.4, -0.2) is 11.7 Å². The van der Waals surface area contributed by atoms with Crippen LogP contribution in [0.2, 0.25) is 0 Å². The topological polar surface area (TPSA) is 32.3 Å². The van der Waals surface area contributed by atoms with Crippen LogP contribution in [0.4, 0.5) is 0 Å². The molecule has 0 saturated heterocycles. The van der Waals surface area contributed by atoms with E-state index in [-0.39, 0.29) is 0 Å². The molecule has 2 fully saturated rings.